The molecule has 0 radical (unpaired) electrons. The summed E-state index contributed by atoms with van der Waals surface area (Å²) >= 11 is 0. The van der Waals surface area contributed by atoms with E-state index in [0.29, 0.717) is 5.56 Å². The number of aryl methyl sites for hydroxylation is 1. The molecule has 7 heteroatoms. The lowest BCUT2D eigenvalue weighted by Gasteiger charge is -2.22. The third-order valence-corrected chi connectivity index (χ3v) is 3.77. The van der Waals surface area contributed by atoms with Crippen LogP contribution < -0.4 is 5.32 Å². The Kier molecular flexibility index (Phi) is 5.31. The Balaban J connectivity index is 2.05. The molecule has 0 aliphatic carbocycles. The fraction of sp³-hybridized carbons (Fsp3) is 0.412. The van der Waals surface area contributed by atoms with Crippen molar-refractivity contribution in [2.45, 2.75) is 32.5 Å². The van der Waals surface area contributed by atoms with Crippen molar-refractivity contribution in [2.75, 3.05) is 0 Å². The largest absolute Gasteiger partial charge is 0.416 e. The number of hydrogen-bond donors (Lipinski definition) is 1. The van der Waals surface area contributed by atoms with E-state index >= 15 is 0 Å². The van der Waals surface area contributed by atoms with E-state index in [1.165, 1.54) is 12.1 Å². The van der Waals surface area contributed by atoms with Gasteiger partial charge in [0.25, 0.3) is 0 Å². The first-order chi connectivity index (χ1) is 11.2. The molecule has 0 saturated heterocycles. The number of carbonyl (C=O) groups excluding carboxylic acids is 1. The standard InChI is InChI=1S/C17H20F3N3O/c1-11(2)15(16-21-8-9-23(16)3)22-14(24)10-12-4-6-13(7-5-12)17(18,19)20/h4-9,11,15H,10H2,1-3H3,(H,22,24). The SMILES string of the molecule is CC(C)C(NC(=O)Cc1ccc(C(F)(F)F)cc1)c1nccn1C. The Morgan fingerprint density at radius 1 is 1.25 bits per heavy atom. The maximum Gasteiger partial charge on any atom is 0.416 e. The Labute approximate surface area is 138 Å². The number of halogens is 3. The molecule has 0 aliphatic rings. The van der Waals surface area contributed by atoms with Crippen molar-refractivity contribution < 1.29 is 18.0 Å². The third kappa shape index (κ3) is 4.37. The molecule has 2 aromatic rings. The van der Waals surface area contributed by atoms with Crippen LogP contribution in [0.2, 0.25) is 0 Å². The van der Waals surface area contributed by atoms with Crippen LogP contribution in [0.3, 0.4) is 0 Å². The average Bonchev–Trinajstić information content (AvgIpc) is 2.90. The smallest absolute Gasteiger partial charge is 0.346 e. The fourth-order valence-electron chi connectivity index (χ4n) is 2.43. The molecular weight excluding hydrogens is 319 g/mol. The van der Waals surface area contributed by atoms with E-state index in [1.54, 1.807) is 12.4 Å². The summed E-state index contributed by atoms with van der Waals surface area (Å²) in [5.74, 6) is 0.616. The average molecular weight is 339 g/mol. The van der Waals surface area contributed by atoms with Crippen molar-refractivity contribution in [3.05, 3.63) is 53.6 Å². The molecule has 130 valence electrons. The van der Waals surface area contributed by atoms with Crippen LogP contribution >= 0.6 is 0 Å². The van der Waals surface area contributed by atoms with E-state index in [0.717, 1.165) is 18.0 Å². The summed E-state index contributed by atoms with van der Waals surface area (Å²) in [6.45, 7) is 3.94. The van der Waals surface area contributed by atoms with E-state index in [4.69, 9.17) is 0 Å². The van der Waals surface area contributed by atoms with Gasteiger partial charge in [-0.1, -0.05) is 26.0 Å². The molecule has 0 spiro atoms. The van der Waals surface area contributed by atoms with Gasteiger partial charge in [-0.2, -0.15) is 13.2 Å². The van der Waals surface area contributed by atoms with Gasteiger partial charge in [-0.3, -0.25) is 4.79 Å². The van der Waals surface area contributed by atoms with Gasteiger partial charge in [0.05, 0.1) is 18.0 Å². The molecule has 0 fully saturated rings. The zero-order chi connectivity index (χ0) is 17.9. The molecule has 0 bridgehead atoms. The second-order valence-electron chi connectivity index (χ2n) is 6.06. The zero-order valence-corrected chi connectivity index (χ0v) is 13.8. The highest BCUT2D eigenvalue weighted by atomic mass is 19.4. The normalized spacial score (nSPS) is 13.1. The van der Waals surface area contributed by atoms with Crippen LogP contribution in [0.25, 0.3) is 0 Å². The summed E-state index contributed by atoms with van der Waals surface area (Å²) in [4.78, 5) is 16.5. The predicted octanol–water partition coefficient (Wildman–Crippen LogP) is 3.49. The number of hydrogen-bond acceptors (Lipinski definition) is 2. The quantitative estimate of drug-likeness (QED) is 0.906. The van der Waals surface area contributed by atoms with Crippen LogP contribution in [0.4, 0.5) is 13.2 Å². The highest BCUT2D eigenvalue weighted by Crippen LogP contribution is 2.29. The van der Waals surface area contributed by atoms with Gasteiger partial charge in [-0.05, 0) is 23.6 Å². The number of benzene rings is 1. The van der Waals surface area contributed by atoms with Crippen molar-refractivity contribution in [3.63, 3.8) is 0 Å². The summed E-state index contributed by atoms with van der Waals surface area (Å²) in [5.41, 5.74) is -0.192. The number of carbonyl (C=O) groups is 1. The summed E-state index contributed by atoms with van der Waals surface area (Å²) in [6.07, 6.45) is -0.896. The van der Waals surface area contributed by atoms with Crippen molar-refractivity contribution >= 4 is 5.91 Å². The number of amides is 1. The first-order valence-electron chi connectivity index (χ1n) is 7.61. The van der Waals surface area contributed by atoms with Crippen molar-refractivity contribution in [1.29, 1.82) is 0 Å². The summed E-state index contributed by atoms with van der Waals surface area (Å²) < 4.78 is 39.5. The second kappa shape index (κ2) is 7.07. The molecule has 1 atom stereocenters. The maximum absolute atomic E-state index is 12.5. The number of alkyl halides is 3. The van der Waals surface area contributed by atoms with Gasteiger partial charge < -0.3 is 9.88 Å². The number of imidazole rings is 1. The van der Waals surface area contributed by atoms with Crippen molar-refractivity contribution in [2.24, 2.45) is 13.0 Å². The Morgan fingerprint density at radius 3 is 2.33 bits per heavy atom. The van der Waals surface area contributed by atoms with Gasteiger partial charge in [0.2, 0.25) is 5.91 Å². The Hall–Kier alpha value is -2.31. The van der Waals surface area contributed by atoms with Crippen LogP contribution in [0, 0.1) is 5.92 Å². The Bertz CT molecular complexity index is 690. The molecule has 1 heterocycles. The highest BCUT2D eigenvalue weighted by molar-refractivity contribution is 5.79. The lowest BCUT2D eigenvalue weighted by molar-refractivity contribution is -0.137. The van der Waals surface area contributed by atoms with Crippen molar-refractivity contribution in [1.82, 2.24) is 14.9 Å². The summed E-state index contributed by atoms with van der Waals surface area (Å²) in [5, 5.41) is 2.91. The molecule has 1 aromatic carbocycles. The third-order valence-electron chi connectivity index (χ3n) is 3.77. The Morgan fingerprint density at radius 2 is 1.88 bits per heavy atom. The second-order valence-corrected chi connectivity index (χ2v) is 6.06. The molecule has 4 nitrogen and oxygen atoms in total. The topological polar surface area (TPSA) is 46.9 Å². The van der Waals surface area contributed by atoms with E-state index in [-0.39, 0.29) is 24.3 Å². The molecule has 1 unspecified atom stereocenters. The molecule has 1 amide bonds. The van der Waals surface area contributed by atoms with Crippen LogP contribution in [-0.2, 0) is 24.4 Å². The molecular formula is C17H20F3N3O. The van der Waals surface area contributed by atoms with E-state index in [2.05, 4.69) is 10.3 Å². The minimum atomic E-state index is -4.37. The maximum atomic E-state index is 12.5. The van der Waals surface area contributed by atoms with E-state index in [1.807, 2.05) is 25.5 Å². The summed E-state index contributed by atoms with van der Waals surface area (Å²) in [7, 11) is 1.85. The molecule has 1 aromatic heterocycles. The first kappa shape index (κ1) is 18.0. The number of nitrogens with one attached hydrogen (secondary N) is 1. The number of rotatable bonds is 5. The molecule has 0 aliphatic heterocycles. The molecule has 0 saturated carbocycles. The fourth-order valence-corrected chi connectivity index (χ4v) is 2.43. The zero-order valence-electron chi connectivity index (χ0n) is 13.8. The minimum absolute atomic E-state index is 0.0196. The highest BCUT2D eigenvalue weighted by Gasteiger charge is 2.30. The minimum Gasteiger partial charge on any atom is -0.346 e. The van der Waals surface area contributed by atoms with E-state index < -0.39 is 11.7 Å². The number of nitrogens with zero attached hydrogens (tertiary/aromatic N) is 2. The van der Waals surface area contributed by atoms with Gasteiger partial charge in [-0.25, -0.2) is 4.98 Å². The van der Waals surface area contributed by atoms with E-state index in [9.17, 15) is 18.0 Å². The van der Waals surface area contributed by atoms with Gasteiger partial charge in [-0.15, -0.1) is 0 Å². The van der Waals surface area contributed by atoms with Gasteiger partial charge in [0.15, 0.2) is 0 Å². The van der Waals surface area contributed by atoms with Crippen LogP contribution in [0.15, 0.2) is 36.7 Å². The van der Waals surface area contributed by atoms with Crippen LogP contribution in [0.5, 0.6) is 0 Å². The van der Waals surface area contributed by atoms with Crippen molar-refractivity contribution in [3.8, 4) is 0 Å². The monoisotopic (exact) mass is 339 g/mol. The molecule has 1 N–H and O–H groups in total. The first-order valence-corrected chi connectivity index (χ1v) is 7.61. The lowest BCUT2D eigenvalue weighted by atomic mass is 10.0. The van der Waals surface area contributed by atoms with Gasteiger partial charge >= 0.3 is 6.18 Å². The van der Waals surface area contributed by atoms with Gasteiger partial charge in [0.1, 0.15) is 5.82 Å². The lowest BCUT2D eigenvalue weighted by Crippen LogP contribution is -2.34. The number of aromatic nitrogens is 2. The van der Waals surface area contributed by atoms with Crippen LogP contribution in [0.1, 0.15) is 36.8 Å². The summed E-state index contributed by atoms with van der Waals surface area (Å²) in [6, 6.07) is 4.37. The molecule has 2 rings (SSSR count). The molecule has 24 heavy (non-hydrogen) atoms. The van der Waals surface area contributed by atoms with Gasteiger partial charge in [0, 0.05) is 19.4 Å². The predicted molar refractivity (Wildman–Crippen MR) is 84.1 cm³/mol. The van der Waals surface area contributed by atoms with Crippen LogP contribution in [-0.4, -0.2) is 15.5 Å².